The van der Waals surface area contributed by atoms with Crippen molar-refractivity contribution in [2.45, 2.75) is 33.1 Å². The molecule has 0 aliphatic rings. The molecule has 82 valence electrons. The van der Waals surface area contributed by atoms with Crippen LogP contribution < -0.4 is 5.32 Å². The Morgan fingerprint density at radius 3 is 2.71 bits per heavy atom. The highest BCUT2D eigenvalue weighted by molar-refractivity contribution is 4.73. The first kappa shape index (κ1) is 13.4. The van der Waals surface area contributed by atoms with Gasteiger partial charge in [-0.2, -0.15) is 5.26 Å². The van der Waals surface area contributed by atoms with Crippen molar-refractivity contribution < 1.29 is 4.74 Å². The largest absolute Gasteiger partial charge is 0.385 e. The van der Waals surface area contributed by atoms with Gasteiger partial charge in [-0.15, -0.1) is 0 Å². The molecule has 0 amide bonds. The molecule has 0 aromatic carbocycles. The maximum atomic E-state index is 8.35. The lowest BCUT2D eigenvalue weighted by atomic mass is 9.90. The molecule has 0 radical (unpaired) electrons. The molecule has 0 aliphatic carbocycles. The standard InChI is InChI=1S/C11H22N2O/c1-11(2,6-9-14-3)10-13-8-5-4-7-12/h13H,4-6,8-10H2,1-3H3. The second-order valence-electron chi connectivity index (χ2n) is 4.35. The second-order valence-corrected chi connectivity index (χ2v) is 4.35. The van der Waals surface area contributed by atoms with E-state index in [4.69, 9.17) is 10.00 Å². The van der Waals surface area contributed by atoms with Crippen LogP contribution in [0.4, 0.5) is 0 Å². The summed E-state index contributed by atoms with van der Waals surface area (Å²) in [7, 11) is 1.73. The number of ether oxygens (including phenoxy) is 1. The lowest BCUT2D eigenvalue weighted by Gasteiger charge is -2.24. The maximum absolute atomic E-state index is 8.35. The van der Waals surface area contributed by atoms with E-state index in [1.54, 1.807) is 7.11 Å². The van der Waals surface area contributed by atoms with E-state index in [0.717, 1.165) is 32.5 Å². The SMILES string of the molecule is COCCC(C)(C)CNCCCC#N. The first-order chi connectivity index (χ1) is 6.62. The zero-order chi connectivity index (χ0) is 10.9. The molecule has 0 saturated heterocycles. The van der Waals surface area contributed by atoms with Crippen molar-refractivity contribution in [2.75, 3.05) is 26.8 Å². The number of nitrogens with zero attached hydrogens (tertiary/aromatic N) is 1. The highest BCUT2D eigenvalue weighted by atomic mass is 16.5. The van der Waals surface area contributed by atoms with Crippen molar-refractivity contribution >= 4 is 0 Å². The summed E-state index contributed by atoms with van der Waals surface area (Å²) in [6, 6.07) is 2.14. The normalized spacial score (nSPS) is 11.3. The van der Waals surface area contributed by atoms with Gasteiger partial charge in [-0.25, -0.2) is 0 Å². The van der Waals surface area contributed by atoms with Gasteiger partial charge in [0.1, 0.15) is 0 Å². The minimum absolute atomic E-state index is 0.280. The van der Waals surface area contributed by atoms with E-state index < -0.39 is 0 Å². The van der Waals surface area contributed by atoms with Gasteiger partial charge in [0.15, 0.2) is 0 Å². The summed E-state index contributed by atoms with van der Waals surface area (Å²) in [5, 5.41) is 11.7. The Bertz CT molecular complexity index is 173. The van der Waals surface area contributed by atoms with Crippen LogP contribution in [0.1, 0.15) is 33.1 Å². The van der Waals surface area contributed by atoms with Crippen LogP contribution in [0.5, 0.6) is 0 Å². The summed E-state index contributed by atoms with van der Waals surface area (Å²) in [4.78, 5) is 0. The zero-order valence-corrected chi connectivity index (χ0v) is 9.60. The Morgan fingerprint density at radius 2 is 2.14 bits per heavy atom. The third-order valence-corrected chi connectivity index (χ3v) is 2.23. The van der Waals surface area contributed by atoms with E-state index in [2.05, 4.69) is 25.2 Å². The molecular formula is C11H22N2O. The predicted octanol–water partition coefficient (Wildman–Crippen LogP) is 1.94. The minimum Gasteiger partial charge on any atom is -0.385 e. The molecule has 0 unspecified atom stereocenters. The molecule has 0 aliphatic heterocycles. The number of methoxy groups -OCH3 is 1. The molecule has 0 aromatic heterocycles. The van der Waals surface area contributed by atoms with Gasteiger partial charge in [0, 0.05) is 26.7 Å². The third kappa shape index (κ3) is 8.03. The average molecular weight is 198 g/mol. The van der Waals surface area contributed by atoms with Crippen LogP contribution in [0.15, 0.2) is 0 Å². The van der Waals surface area contributed by atoms with Crippen molar-refractivity contribution in [3.05, 3.63) is 0 Å². The summed E-state index contributed by atoms with van der Waals surface area (Å²) in [5.74, 6) is 0. The van der Waals surface area contributed by atoms with Gasteiger partial charge in [-0.05, 0) is 24.8 Å². The fourth-order valence-electron chi connectivity index (χ4n) is 1.19. The van der Waals surface area contributed by atoms with Crippen LogP contribution in [-0.4, -0.2) is 26.8 Å². The summed E-state index contributed by atoms with van der Waals surface area (Å²) < 4.78 is 5.05. The maximum Gasteiger partial charge on any atom is 0.0622 e. The first-order valence-electron chi connectivity index (χ1n) is 5.19. The Balaban J connectivity index is 3.41. The van der Waals surface area contributed by atoms with Crippen molar-refractivity contribution in [1.82, 2.24) is 5.32 Å². The van der Waals surface area contributed by atoms with Gasteiger partial charge in [0.25, 0.3) is 0 Å². The molecule has 1 N–H and O–H groups in total. The monoisotopic (exact) mass is 198 g/mol. The van der Waals surface area contributed by atoms with E-state index in [-0.39, 0.29) is 5.41 Å². The van der Waals surface area contributed by atoms with Gasteiger partial charge in [0.2, 0.25) is 0 Å². The topological polar surface area (TPSA) is 45.0 Å². The molecular weight excluding hydrogens is 176 g/mol. The van der Waals surface area contributed by atoms with Gasteiger partial charge in [-0.3, -0.25) is 0 Å². The molecule has 0 rings (SSSR count). The number of unbranched alkanes of at least 4 members (excludes halogenated alkanes) is 1. The van der Waals surface area contributed by atoms with Gasteiger partial charge >= 0.3 is 0 Å². The fraction of sp³-hybridized carbons (Fsp3) is 0.909. The molecule has 0 fully saturated rings. The Labute approximate surface area is 87.4 Å². The molecule has 14 heavy (non-hydrogen) atoms. The highest BCUT2D eigenvalue weighted by Gasteiger charge is 2.16. The van der Waals surface area contributed by atoms with Crippen molar-refractivity contribution in [3.8, 4) is 6.07 Å². The smallest absolute Gasteiger partial charge is 0.0622 e. The lowest BCUT2D eigenvalue weighted by molar-refractivity contribution is 0.151. The van der Waals surface area contributed by atoms with E-state index >= 15 is 0 Å². The predicted molar refractivity (Wildman–Crippen MR) is 58.0 cm³/mol. The summed E-state index contributed by atoms with van der Waals surface area (Å²) in [5.41, 5.74) is 0.280. The molecule has 0 saturated carbocycles. The van der Waals surface area contributed by atoms with Crippen molar-refractivity contribution in [1.29, 1.82) is 5.26 Å². The molecule has 0 heterocycles. The van der Waals surface area contributed by atoms with Crippen molar-refractivity contribution in [2.24, 2.45) is 5.41 Å². The van der Waals surface area contributed by atoms with Gasteiger partial charge in [-0.1, -0.05) is 13.8 Å². The zero-order valence-electron chi connectivity index (χ0n) is 9.60. The number of nitriles is 1. The Morgan fingerprint density at radius 1 is 1.43 bits per heavy atom. The molecule has 3 nitrogen and oxygen atoms in total. The van der Waals surface area contributed by atoms with E-state index in [0.29, 0.717) is 6.42 Å². The van der Waals surface area contributed by atoms with Gasteiger partial charge < -0.3 is 10.1 Å². The molecule has 0 atom stereocenters. The lowest BCUT2D eigenvalue weighted by Crippen LogP contribution is -2.31. The number of hydrogen-bond donors (Lipinski definition) is 1. The van der Waals surface area contributed by atoms with E-state index in [1.165, 1.54) is 0 Å². The summed E-state index contributed by atoms with van der Waals surface area (Å²) in [6.07, 6.45) is 2.65. The van der Waals surface area contributed by atoms with Crippen LogP contribution in [0.2, 0.25) is 0 Å². The average Bonchev–Trinajstić information content (AvgIpc) is 2.15. The third-order valence-electron chi connectivity index (χ3n) is 2.23. The quantitative estimate of drug-likeness (QED) is 0.606. The van der Waals surface area contributed by atoms with Gasteiger partial charge in [0.05, 0.1) is 6.07 Å². The molecule has 0 aromatic rings. The number of rotatable bonds is 8. The van der Waals surface area contributed by atoms with E-state index in [9.17, 15) is 0 Å². The molecule has 3 heteroatoms. The van der Waals surface area contributed by atoms with Crippen LogP contribution in [0.25, 0.3) is 0 Å². The summed E-state index contributed by atoms with van der Waals surface area (Å²) >= 11 is 0. The second kappa shape index (κ2) is 7.78. The van der Waals surface area contributed by atoms with Crippen LogP contribution in [0, 0.1) is 16.7 Å². The number of nitrogens with one attached hydrogen (secondary N) is 1. The van der Waals surface area contributed by atoms with Crippen LogP contribution in [-0.2, 0) is 4.74 Å². The van der Waals surface area contributed by atoms with E-state index in [1.807, 2.05) is 0 Å². The van der Waals surface area contributed by atoms with Crippen LogP contribution >= 0.6 is 0 Å². The highest BCUT2D eigenvalue weighted by Crippen LogP contribution is 2.18. The molecule has 0 bridgehead atoms. The minimum atomic E-state index is 0.280. The Kier molecular flexibility index (Phi) is 7.45. The Hall–Kier alpha value is -0.590. The van der Waals surface area contributed by atoms with Crippen molar-refractivity contribution in [3.63, 3.8) is 0 Å². The fourth-order valence-corrected chi connectivity index (χ4v) is 1.19. The first-order valence-corrected chi connectivity index (χ1v) is 5.19. The van der Waals surface area contributed by atoms with Crippen LogP contribution in [0.3, 0.4) is 0 Å². The summed E-state index contributed by atoms with van der Waals surface area (Å²) in [6.45, 7) is 7.19. The molecule has 0 spiro atoms. The number of hydrogen-bond acceptors (Lipinski definition) is 3.